The molecule has 5 aromatic rings. The van der Waals surface area contributed by atoms with Crippen LogP contribution in [0.15, 0.2) is 95.0 Å². The van der Waals surface area contributed by atoms with Crippen molar-refractivity contribution in [2.75, 3.05) is 40.3 Å². The molecule has 236 valence electrons. The molecular weight excluding hydrogens is 590 g/mol. The molecule has 1 aromatic heterocycles. The predicted molar refractivity (Wildman–Crippen MR) is 185 cm³/mol. The lowest BCUT2D eigenvalue weighted by Crippen LogP contribution is -2.31. The highest BCUT2D eigenvalue weighted by Crippen LogP contribution is 2.34. The molecule has 4 aromatic carbocycles. The first kappa shape index (κ1) is 31.2. The van der Waals surface area contributed by atoms with Gasteiger partial charge in [0, 0.05) is 54.2 Å². The van der Waals surface area contributed by atoms with E-state index in [1.807, 2.05) is 61.5 Å². The van der Waals surface area contributed by atoms with Crippen LogP contribution in [0.3, 0.4) is 0 Å². The van der Waals surface area contributed by atoms with Crippen LogP contribution < -0.4 is 10.6 Å². The number of hydrogen-bond acceptors (Lipinski definition) is 6. The van der Waals surface area contributed by atoms with Gasteiger partial charge in [0.15, 0.2) is 0 Å². The molecule has 0 radical (unpaired) electrons. The normalized spacial score (nSPS) is 12.0. The molecule has 0 unspecified atom stereocenters. The van der Waals surface area contributed by atoms with Crippen molar-refractivity contribution in [1.82, 2.24) is 25.5 Å². The minimum atomic E-state index is -0.175. The first-order chi connectivity index (χ1) is 22.9. The number of fused-ring (bicyclic) bond motifs is 2. The Labute approximate surface area is 272 Å². The SMILES string of the molecule is CN(C)CCNC(=O)c1ccc(C2=Nc3cc(-c4ccc5nc(-c6ccc(C(=O)NCCCN=[N+]=[N-])cc6)[nH]c5c4)ccc3C2)cc1. The van der Waals surface area contributed by atoms with Crippen LogP contribution in [0.5, 0.6) is 0 Å². The number of imidazole rings is 1. The third-order valence-corrected chi connectivity index (χ3v) is 8.04. The Hall–Kier alpha value is -5.77. The van der Waals surface area contributed by atoms with Crippen molar-refractivity contribution in [3.63, 3.8) is 0 Å². The van der Waals surface area contributed by atoms with Crippen LogP contribution >= 0.6 is 0 Å². The second-order valence-corrected chi connectivity index (χ2v) is 11.7. The molecule has 0 saturated carbocycles. The van der Waals surface area contributed by atoms with Crippen molar-refractivity contribution in [1.29, 1.82) is 0 Å². The van der Waals surface area contributed by atoms with Crippen LogP contribution in [0.4, 0.5) is 5.69 Å². The lowest BCUT2D eigenvalue weighted by atomic mass is 9.99. The molecule has 2 amide bonds. The molecule has 11 heteroatoms. The topological polar surface area (TPSA) is 151 Å². The molecule has 47 heavy (non-hydrogen) atoms. The number of azide groups is 1. The summed E-state index contributed by atoms with van der Waals surface area (Å²) in [5.74, 6) is 0.473. The van der Waals surface area contributed by atoms with Crippen LogP contribution in [0.1, 0.15) is 38.3 Å². The van der Waals surface area contributed by atoms with Gasteiger partial charge in [-0.25, -0.2) is 4.98 Å². The zero-order valence-corrected chi connectivity index (χ0v) is 26.3. The Morgan fingerprint density at radius 1 is 0.851 bits per heavy atom. The fourth-order valence-corrected chi connectivity index (χ4v) is 5.44. The summed E-state index contributed by atoms with van der Waals surface area (Å²) >= 11 is 0. The Bertz CT molecular complexity index is 2010. The number of nitrogens with one attached hydrogen (secondary N) is 3. The number of carbonyl (C=O) groups is 2. The van der Waals surface area contributed by atoms with E-state index < -0.39 is 0 Å². The van der Waals surface area contributed by atoms with Crippen LogP contribution in [0, 0.1) is 0 Å². The molecule has 0 spiro atoms. The zero-order valence-electron chi connectivity index (χ0n) is 26.3. The quantitative estimate of drug-likeness (QED) is 0.0645. The first-order valence-corrected chi connectivity index (χ1v) is 15.5. The molecule has 2 heterocycles. The maximum Gasteiger partial charge on any atom is 0.251 e. The van der Waals surface area contributed by atoms with E-state index >= 15 is 0 Å². The van der Waals surface area contributed by atoms with Gasteiger partial charge in [-0.3, -0.25) is 14.6 Å². The lowest BCUT2D eigenvalue weighted by molar-refractivity contribution is 0.0944. The summed E-state index contributed by atoms with van der Waals surface area (Å²) in [5.41, 5.74) is 18.4. The van der Waals surface area contributed by atoms with Gasteiger partial charge in [-0.05, 0) is 90.8 Å². The third kappa shape index (κ3) is 7.38. The van der Waals surface area contributed by atoms with Crippen molar-refractivity contribution >= 4 is 34.2 Å². The van der Waals surface area contributed by atoms with Gasteiger partial charge in [0.05, 0.1) is 22.4 Å². The van der Waals surface area contributed by atoms with E-state index in [1.54, 1.807) is 12.1 Å². The number of H-pyrrole nitrogens is 1. The van der Waals surface area contributed by atoms with E-state index in [9.17, 15) is 9.59 Å². The Kier molecular flexibility index (Phi) is 9.38. The van der Waals surface area contributed by atoms with Crippen LogP contribution in [-0.2, 0) is 6.42 Å². The molecule has 0 saturated heterocycles. The Morgan fingerprint density at radius 3 is 2.19 bits per heavy atom. The molecular formula is C36H35N9O2. The van der Waals surface area contributed by atoms with Crippen molar-refractivity contribution in [2.45, 2.75) is 12.8 Å². The summed E-state index contributed by atoms with van der Waals surface area (Å²) in [4.78, 5) is 42.8. The van der Waals surface area contributed by atoms with Crippen LogP contribution in [0.25, 0.3) is 44.0 Å². The number of aliphatic imine (C=N–C) groups is 1. The summed E-state index contributed by atoms with van der Waals surface area (Å²) in [6, 6.07) is 27.5. The second kappa shape index (κ2) is 14.1. The van der Waals surface area contributed by atoms with Gasteiger partial charge in [-0.1, -0.05) is 47.6 Å². The summed E-state index contributed by atoms with van der Waals surface area (Å²) in [7, 11) is 3.96. The van der Waals surface area contributed by atoms with E-state index in [2.05, 4.69) is 56.0 Å². The third-order valence-electron chi connectivity index (χ3n) is 8.04. The second-order valence-electron chi connectivity index (χ2n) is 11.7. The first-order valence-electron chi connectivity index (χ1n) is 15.5. The monoisotopic (exact) mass is 625 g/mol. The van der Waals surface area contributed by atoms with Gasteiger partial charge in [0.25, 0.3) is 11.8 Å². The fraction of sp³-hybridized carbons (Fsp3) is 0.222. The van der Waals surface area contributed by atoms with Crippen molar-refractivity contribution in [3.8, 4) is 22.5 Å². The fourth-order valence-electron chi connectivity index (χ4n) is 5.44. The average Bonchev–Trinajstić information content (AvgIpc) is 3.72. The number of aromatic amines is 1. The summed E-state index contributed by atoms with van der Waals surface area (Å²) in [6.45, 7) is 2.18. The molecule has 3 N–H and O–H groups in total. The van der Waals surface area contributed by atoms with Gasteiger partial charge in [-0.15, -0.1) is 0 Å². The minimum absolute atomic E-state index is 0.0733. The maximum atomic E-state index is 12.5. The summed E-state index contributed by atoms with van der Waals surface area (Å²) in [5, 5.41) is 9.26. The standard InChI is InChI=1S/C36H35N9O2/c1-45(2)19-18-39-36(47)25-8-4-23(5-9-25)31-22-29-13-12-27(20-32(29)41-31)28-14-15-30-33(21-28)43-34(42-30)24-6-10-26(11-7-24)35(46)38-16-3-17-40-44-37/h4-15,20-21H,3,16-19,22H2,1-2H3,(H,38,46)(H,39,47)(H,42,43). The van der Waals surface area contributed by atoms with Crippen molar-refractivity contribution in [2.24, 2.45) is 10.1 Å². The molecule has 6 rings (SSSR count). The smallest absolute Gasteiger partial charge is 0.251 e. The number of hydrogen-bond donors (Lipinski definition) is 3. The van der Waals surface area contributed by atoms with Gasteiger partial charge in [0.1, 0.15) is 5.82 Å². The number of carbonyl (C=O) groups excluding carboxylic acids is 2. The molecule has 0 atom stereocenters. The highest BCUT2D eigenvalue weighted by Gasteiger charge is 2.18. The number of rotatable bonds is 12. The number of aromatic nitrogens is 2. The molecule has 0 aliphatic carbocycles. The molecule has 1 aliphatic heterocycles. The van der Waals surface area contributed by atoms with E-state index in [0.29, 0.717) is 37.2 Å². The predicted octanol–water partition coefficient (Wildman–Crippen LogP) is 6.30. The summed E-state index contributed by atoms with van der Waals surface area (Å²) < 4.78 is 0. The van der Waals surface area contributed by atoms with Gasteiger partial charge in [-0.2, -0.15) is 0 Å². The summed E-state index contributed by atoms with van der Waals surface area (Å²) in [6.07, 6.45) is 1.33. The van der Waals surface area contributed by atoms with E-state index in [1.165, 1.54) is 5.56 Å². The number of likely N-dealkylation sites (N-methyl/N-ethyl adjacent to an activating group) is 1. The maximum absolute atomic E-state index is 12.5. The average molecular weight is 626 g/mol. The van der Waals surface area contributed by atoms with Gasteiger partial charge < -0.3 is 20.5 Å². The number of nitrogens with zero attached hydrogens (tertiary/aromatic N) is 6. The molecule has 0 bridgehead atoms. The number of amides is 2. The van der Waals surface area contributed by atoms with E-state index in [-0.39, 0.29) is 11.8 Å². The minimum Gasteiger partial charge on any atom is -0.352 e. The Morgan fingerprint density at radius 2 is 1.49 bits per heavy atom. The zero-order chi connectivity index (χ0) is 32.8. The van der Waals surface area contributed by atoms with Crippen molar-refractivity contribution in [3.05, 3.63) is 118 Å². The Balaban J connectivity index is 1.13. The van der Waals surface area contributed by atoms with Crippen LogP contribution in [0.2, 0.25) is 0 Å². The molecule has 11 nitrogen and oxygen atoms in total. The van der Waals surface area contributed by atoms with Crippen LogP contribution in [-0.4, -0.2) is 72.7 Å². The van der Waals surface area contributed by atoms with Gasteiger partial charge in [0.2, 0.25) is 0 Å². The molecule has 1 aliphatic rings. The van der Waals surface area contributed by atoms with E-state index in [4.69, 9.17) is 15.5 Å². The van der Waals surface area contributed by atoms with Crippen molar-refractivity contribution < 1.29 is 9.59 Å². The number of benzene rings is 4. The van der Waals surface area contributed by atoms with Gasteiger partial charge >= 0.3 is 0 Å². The highest BCUT2D eigenvalue weighted by molar-refractivity contribution is 6.07. The highest BCUT2D eigenvalue weighted by atomic mass is 16.2. The van der Waals surface area contributed by atoms with E-state index in [0.717, 1.165) is 63.5 Å². The molecule has 0 fully saturated rings. The lowest BCUT2D eigenvalue weighted by Gasteiger charge is -2.10. The largest absolute Gasteiger partial charge is 0.352 e.